The molecule has 0 amide bonds. The summed E-state index contributed by atoms with van der Waals surface area (Å²) in [5, 5.41) is 21.1. The van der Waals surface area contributed by atoms with Gasteiger partial charge in [-0.2, -0.15) is 13.5 Å². The molecule has 0 fully saturated rings. The fourth-order valence-electron chi connectivity index (χ4n) is 2.32. The number of benzene rings is 3. The van der Waals surface area contributed by atoms with Crippen molar-refractivity contribution in [1.29, 1.82) is 0 Å². The average Bonchev–Trinajstić information content (AvgIpc) is 2.61. The molecule has 0 unspecified atom stereocenters. The Balaban J connectivity index is 0.00000243. The van der Waals surface area contributed by atoms with Gasteiger partial charge in [-0.3, -0.25) is 9.35 Å². The fourth-order valence-corrected chi connectivity index (χ4v) is 2.80. The molecule has 0 aliphatic rings. The summed E-state index contributed by atoms with van der Waals surface area (Å²) in [5.74, 6) is -0.373. The number of nitrogens with zero attached hydrogens (tertiary/aromatic N) is 2. The van der Waals surface area contributed by atoms with Gasteiger partial charge in [0, 0.05) is 10.9 Å². The van der Waals surface area contributed by atoms with Crippen LogP contribution in [0.5, 0.6) is 5.75 Å². The largest absolute Gasteiger partial charge is 1.00 e. The van der Waals surface area contributed by atoms with Crippen molar-refractivity contribution in [1.82, 2.24) is 0 Å². The SMILES string of the molecule is O=Cc1cc(N=Nc2ccc(S(=O)(=O)O)cc2)c2ccccc2c1[O-].[Na+]. The Morgan fingerprint density at radius 3 is 2.15 bits per heavy atom. The smallest absolute Gasteiger partial charge is 0.872 e. The summed E-state index contributed by atoms with van der Waals surface area (Å²) >= 11 is 0. The number of carbonyl (C=O) groups excluding carboxylic acids is 1. The molecule has 26 heavy (non-hydrogen) atoms. The number of carbonyl (C=O) groups is 1. The summed E-state index contributed by atoms with van der Waals surface area (Å²) in [6.07, 6.45) is 0.467. The fraction of sp³-hybridized carbons (Fsp3) is 0. The minimum Gasteiger partial charge on any atom is -0.872 e. The Labute approximate surface area is 171 Å². The summed E-state index contributed by atoms with van der Waals surface area (Å²) < 4.78 is 31.0. The van der Waals surface area contributed by atoms with E-state index < -0.39 is 10.1 Å². The van der Waals surface area contributed by atoms with E-state index in [9.17, 15) is 18.3 Å². The minimum atomic E-state index is -4.28. The molecule has 0 radical (unpaired) electrons. The van der Waals surface area contributed by atoms with E-state index in [2.05, 4.69) is 10.2 Å². The molecule has 126 valence electrons. The summed E-state index contributed by atoms with van der Waals surface area (Å²) in [6.45, 7) is 0. The molecule has 0 atom stereocenters. The molecular formula is C17H11N2NaO5S. The van der Waals surface area contributed by atoms with Crippen LogP contribution in [0.2, 0.25) is 0 Å². The van der Waals surface area contributed by atoms with Crippen LogP contribution in [0.1, 0.15) is 10.4 Å². The normalized spacial score (nSPS) is 11.4. The summed E-state index contributed by atoms with van der Waals surface area (Å²) in [5.41, 5.74) is 0.667. The van der Waals surface area contributed by atoms with Gasteiger partial charge in [-0.15, -0.1) is 5.11 Å². The molecule has 9 heteroatoms. The average molecular weight is 378 g/mol. The Morgan fingerprint density at radius 2 is 1.58 bits per heavy atom. The summed E-state index contributed by atoms with van der Waals surface area (Å²) in [4.78, 5) is 10.8. The van der Waals surface area contributed by atoms with Gasteiger partial charge < -0.3 is 5.11 Å². The summed E-state index contributed by atoms with van der Waals surface area (Å²) in [7, 11) is -4.28. The molecule has 0 heterocycles. The monoisotopic (exact) mass is 378 g/mol. The van der Waals surface area contributed by atoms with E-state index in [1.54, 1.807) is 24.3 Å². The minimum absolute atomic E-state index is 0. The number of hydrogen-bond acceptors (Lipinski definition) is 6. The van der Waals surface area contributed by atoms with Gasteiger partial charge >= 0.3 is 29.6 Å². The van der Waals surface area contributed by atoms with Crippen LogP contribution in [0.15, 0.2) is 69.7 Å². The zero-order valence-electron chi connectivity index (χ0n) is 13.7. The first-order chi connectivity index (χ1) is 11.9. The van der Waals surface area contributed by atoms with Crippen molar-refractivity contribution in [2.75, 3.05) is 0 Å². The van der Waals surface area contributed by atoms with Crippen LogP contribution in [0, 0.1) is 0 Å². The third kappa shape index (κ3) is 4.17. The van der Waals surface area contributed by atoms with Crippen LogP contribution in [-0.4, -0.2) is 19.3 Å². The maximum absolute atomic E-state index is 12.1. The van der Waals surface area contributed by atoms with E-state index in [0.717, 1.165) is 0 Å². The van der Waals surface area contributed by atoms with E-state index in [1.807, 2.05) is 0 Å². The van der Waals surface area contributed by atoms with Gasteiger partial charge in [-0.25, -0.2) is 0 Å². The Bertz CT molecular complexity index is 1100. The molecule has 7 nitrogen and oxygen atoms in total. The van der Waals surface area contributed by atoms with Gasteiger partial charge in [0.2, 0.25) is 0 Å². The van der Waals surface area contributed by atoms with Crippen molar-refractivity contribution >= 4 is 38.6 Å². The maximum atomic E-state index is 12.1. The van der Waals surface area contributed by atoms with Crippen LogP contribution in [0.4, 0.5) is 11.4 Å². The Hall–Kier alpha value is -2.10. The molecule has 0 aliphatic heterocycles. The van der Waals surface area contributed by atoms with E-state index in [4.69, 9.17) is 4.55 Å². The molecule has 0 saturated carbocycles. The number of aldehydes is 1. The third-order valence-electron chi connectivity index (χ3n) is 3.54. The van der Waals surface area contributed by atoms with Crippen molar-refractivity contribution in [3.63, 3.8) is 0 Å². The zero-order valence-corrected chi connectivity index (χ0v) is 16.5. The predicted octanol–water partition coefficient (Wildman–Crippen LogP) is 0.392. The maximum Gasteiger partial charge on any atom is 1.00 e. The second-order valence-corrected chi connectivity index (χ2v) is 6.57. The first-order valence-electron chi connectivity index (χ1n) is 7.07. The molecule has 0 bridgehead atoms. The van der Waals surface area contributed by atoms with Crippen LogP contribution < -0.4 is 34.7 Å². The van der Waals surface area contributed by atoms with Crippen molar-refractivity contribution in [2.24, 2.45) is 10.2 Å². The molecule has 0 aromatic heterocycles. The van der Waals surface area contributed by atoms with Crippen molar-refractivity contribution in [3.8, 4) is 5.75 Å². The quantitative estimate of drug-likeness (QED) is 0.305. The molecule has 1 N–H and O–H groups in total. The zero-order chi connectivity index (χ0) is 18.0. The molecule has 3 aromatic rings. The number of fused-ring (bicyclic) bond motifs is 1. The van der Waals surface area contributed by atoms with Gasteiger partial charge in [0.1, 0.15) is 6.29 Å². The number of hydrogen-bond donors (Lipinski definition) is 1. The molecule has 0 aliphatic carbocycles. The third-order valence-corrected chi connectivity index (χ3v) is 4.40. The number of rotatable bonds is 4. The van der Waals surface area contributed by atoms with Gasteiger partial charge in [0.05, 0.1) is 16.3 Å². The van der Waals surface area contributed by atoms with E-state index in [1.165, 1.54) is 30.3 Å². The predicted molar refractivity (Wildman–Crippen MR) is 89.2 cm³/mol. The van der Waals surface area contributed by atoms with Crippen LogP contribution in [0.25, 0.3) is 10.8 Å². The van der Waals surface area contributed by atoms with Crippen molar-refractivity contribution in [2.45, 2.75) is 4.90 Å². The van der Waals surface area contributed by atoms with Crippen molar-refractivity contribution < 1.29 is 52.4 Å². The first kappa shape index (κ1) is 20.2. The first-order valence-corrected chi connectivity index (χ1v) is 8.51. The van der Waals surface area contributed by atoms with Gasteiger partial charge in [0.15, 0.2) is 0 Å². The van der Waals surface area contributed by atoms with Gasteiger partial charge in [0.25, 0.3) is 10.1 Å². The molecular weight excluding hydrogens is 367 g/mol. The standard InChI is InChI=1S/C17H12N2O5S.Na/c20-10-11-9-16(14-3-1-2-4-15(14)17(11)21)19-18-12-5-7-13(8-6-12)25(22,23)24;/h1-10,21H,(H,22,23,24);/q;+1/p-1. The second kappa shape index (κ2) is 8.07. The van der Waals surface area contributed by atoms with E-state index in [-0.39, 0.29) is 45.8 Å². The van der Waals surface area contributed by atoms with Crippen LogP contribution >= 0.6 is 0 Å². The van der Waals surface area contributed by atoms with Crippen LogP contribution in [0.3, 0.4) is 0 Å². The molecule has 3 rings (SSSR count). The molecule has 0 saturated heterocycles. The molecule has 3 aromatic carbocycles. The van der Waals surface area contributed by atoms with E-state index >= 15 is 0 Å². The summed E-state index contributed by atoms with van der Waals surface area (Å²) in [6, 6.07) is 13.2. The van der Waals surface area contributed by atoms with Gasteiger partial charge in [-0.1, -0.05) is 30.0 Å². The number of azo groups is 1. The van der Waals surface area contributed by atoms with Gasteiger partial charge in [-0.05, 0) is 35.7 Å². The molecule has 0 spiro atoms. The van der Waals surface area contributed by atoms with E-state index in [0.29, 0.717) is 28.4 Å². The Kier molecular flexibility index (Phi) is 6.27. The Morgan fingerprint density at radius 1 is 0.962 bits per heavy atom. The van der Waals surface area contributed by atoms with Crippen LogP contribution in [-0.2, 0) is 10.1 Å². The second-order valence-electron chi connectivity index (χ2n) is 5.15. The topological polar surface area (TPSA) is 119 Å². The van der Waals surface area contributed by atoms with Crippen molar-refractivity contribution in [3.05, 3.63) is 60.2 Å².